The van der Waals surface area contributed by atoms with Gasteiger partial charge in [0.1, 0.15) is 17.1 Å². The average molecular weight is 338 g/mol. The van der Waals surface area contributed by atoms with Crippen molar-refractivity contribution in [2.75, 3.05) is 0 Å². The summed E-state index contributed by atoms with van der Waals surface area (Å²) in [4.78, 5) is 24.5. The number of para-hydroxylation sites is 1. The number of phenols is 1. The lowest BCUT2D eigenvalue weighted by Gasteiger charge is -2.18. The highest BCUT2D eigenvalue weighted by atomic mass is 16.4. The van der Waals surface area contributed by atoms with E-state index in [1.54, 1.807) is 38.1 Å². The van der Waals surface area contributed by atoms with Crippen molar-refractivity contribution < 1.29 is 24.2 Å². The molecule has 25 heavy (non-hydrogen) atoms. The van der Waals surface area contributed by atoms with Gasteiger partial charge in [-0.25, -0.2) is 0 Å². The van der Waals surface area contributed by atoms with Crippen molar-refractivity contribution in [2.24, 2.45) is 5.41 Å². The van der Waals surface area contributed by atoms with Crippen molar-refractivity contribution in [2.45, 2.75) is 20.3 Å². The molecule has 0 aliphatic carbocycles. The molecule has 3 aromatic rings. The number of hydrogen-bond donors (Lipinski definition) is 2. The SMILES string of the molecule is CC(C)(Cc1oc2ccccc2c1C(=O)c1ccc(O)cc1)C(=O)O. The van der Waals surface area contributed by atoms with E-state index in [2.05, 4.69) is 0 Å². The van der Waals surface area contributed by atoms with Gasteiger partial charge in [-0.2, -0.15) is 0 Å². The first kappa shape index (κ1) is 16.8. The Balaban J connectivity index is 2.15. The van der Waals surface area contributed by atoms with Gasteiger partial charge in [0.25, 0.3) is 0 Å². The Morgan fingerprint density at radius 2 is 1.68 bits per heavy atom. The number of ketones is 1. The molecule has 0 radical (unpaired) electrons. The first-order chi connectivity index (χ1) is 11.8. The van der Waals surface area contributed by atoms with E-state index in [-0.39, 0.29) is 18.0 Å². The number of furan rings is 1. The maximum absolute atomic E-state index is 13.0. The Kier molecular flexibility index (Phi) is 4.08. The molecular weight excluding hydrogens is 320 g/mol. The number of carbonyl (C=O) groups is 2. The number of hydrogen-bond acceptors (Lipinski definition) is 4. The van der Waals surface area contributed by atoms with Gasteiger partial charge < -0.3 is 14.6 Å². The van der Waals surface area contributed by atoms with Gasteiger partial charge in [0.2, 0.25) is 0 Å². The molecule has 5 heteroatoms. The molecule has 0 saturated carbocycles. The summed E-state index contributed by atoms with van der Waals surface area (Å²) in [7, 11) is 0. The minimum atomic E-state index is -1.07. The van der Waals surface area contributed by atoms with Gasteiger partial charge in [0.15, 0.2) is 5.78 Å². The number of aliphatic carboxylic acids is 1. The molecule has 1 aromatic heterocycles. The lowest BCUT2D eigenvalue weighted by Crippen LogP contribution is -2.26. The Labute approximate surface area is 144 Å². The number of aromatic hydroxyl groups is 1. The molecule has 3 rings (SSSR count). The number of rotatable bonds is 5. The number of carbonyl (C=O) groups excluding carboxylic acids is 1. The Hall–Kier alpha value is -3.08. The van der Waals surface area contributed by atoms with E-state index in [1.165, 1.54) is 24.3 Å². The Morgan fingerprint density at radius 1 is 1.04 bits per heavy atom. The highest BCUT2D eigenvalue weighted by Gasteiger charge is 2.32. The minimum absolute atomic E-state index is 0.0702. The van der Waals surface area contributed by atoms with Gasteiger partial charge in [0.05, 0.1) is 11.0 Å². The molecule has 0 fully saturated rings. The lowest BCUT2D eigenvalue weighted by atomic mass is 9.86. The lowest BCUT2D eigenvalue weighted by molar-refractivity contribution is -0.147. The Bertz CT molecular complexity index is 948. The fourth-order valence-electron chi connectivity index (χ4n) is 2.70. The second-order valence-electron chi connectivity index (χ2n) is 6.64. The summed E-state index contributed by atoms with van der Waals surface area (Å²) in [5.74, 6) is -0.801. The van der Waals surface area contributed by atoms with Crippen LogP contribution in [-0.4, -0.2) is 22.0 Å². The molecule has 0 aliphatic heterocycles. The molecule has 0 amide bonds. The second kappa shape index (κ2) is 6.09. The topological polar surface area (TPSA) is 87.7 Å². The number of benzene rings is 2. The maximum atomic E-state index is 13.0. The summed E-state index contributed by atoms with van der Waals surface area (Å²) in [6, 6.07) is 13.1. The van der Waals surface area contributed by atoms with E-state index in [0.29, 0.717) is 27.9 Å². The zero-order valence-corrected chi connectivity index (χ0v) is 13.9. The van der Waals surface area contributed by atoms with Crippen LogP contribution < -0.4 is 0 Å². The van der Waals surface area contributed by atoms with Crippen molar-refractivity contribution >= 4 is 22.7 Å². The molecule has 2 N–H and O–H groups in total. The van der Waals surface area contributed by atoms with Crippen molar-refractivity contribution in [1.82, 2.24) is 0 Å². The van der Waals surface area contributed by atoms with E-state index >= 15 is 0 Å². The van der Waals surface area contributed by atoms with Crippen LogP contribution in [0.2, 0.25) is 0 Å². The number of fused-ring (bicyclic) bond motifs is 1. The number of carboxylic acids is 1. The fraction of sp³-hybridized carbons (Fsp3) is 0.200. The van der Waals surface area contributed by atoms with Crippen LogP contribution in [0.3, 0.4) is 0 Å². The monoisotopic (exact) mass is 338 g/mol. The van der Waals surface area contributed by atoms with Crippen molar-refractivity contribution in [3.05, 3.63) is 65.4 Å². The van der Waals surface area contributed by atoms with Crippen LogP contribution in [0.25, 0.3) is 11.0 Å². The summed E-state index contributed by atoms with van der Waals surface area (Å²) in [6.45, 7) is 3.19. The van der Waals surface area contributed by atoms with Crippen LogP contribution in [0, 0.1) is 5.41 Å². The molecule has 0 spiro atoms. The van der Waals surface area contributed by atoms with Crippen molar-refractivity contribution in [3.63, 3.8) is 0 Å². The first-order valence-corrected chi connectivity index (χ1v) is 7.87. The molecule has 0 unspecified atom stereocenters. The quantitative estimate of drug-likeness (QED) is 0.686. The van der Waals surface area contributed by atoms with Crippen LogP contribution in [0.1, 0.15) is 35.5 Å². The average Bonchev–Trinajstić information content (AvgIpc) is 2.91. The van der Waals surface area contributed by atoms with Crippen LogP contribution in [0.4, 0.5) is 0 Å². The Morgan fingerprint density at radius 3 is 2.32 bits per heavy atom. The van der Waals surface area contributed by atoms with Crippen LogP contribution in [0.15, 0.2) is 52.9 Å². The van der Waals surface area contributed by atoms with Crippen molar-refractivity contribution in [1.29, 1.82) is 0 Å². The smallest absolute Gasteiger partial charge is 0.309 e. The van der Waals surface area contributed by atoms with E-state index in [9.17, 15) is 19.8 Å². The predicted octanol–water partition coefficient (Wildman–Crippen LogP) is 4.02. The minimum Gasteiger partial charge on any atom is -0.508 e. The maximum Gasteiger partial charge on any atom is 0.309 e. The normalized spacial score (nSPS) is 11.6. The summed E-state index contributed by atoms with van der Waals surface area (Å²) in [5.41, 5.74) is 0.243. The standard InChI is InChI=1S/C20H18O5/c1-20(2,19(23)24)11-16-17(14-5-3-4-6-15(14)25-16)18(22)12-7-9-13(21)10-8-12/h3-10,21H,11H2,1-2H3,(H,23,24). The largest absolute Gasteiger partial charge is 0.508 e. The van der Waals surface area contributed by atoms with Gasteiger partial charge in [-0.3, -0.25) is 9.59 Å². The molecule has 0 bridgehead atoms. The summed E-state index contributed by atoms with van der Waals surface area (Å²) in [5, 5.41) is 19.5. The molecule has 2 aromatic carbocycles. The van der Waals surface area contributed by atoms with Crippen LogP contribution in [0.5, 0.6) is 5.75 Å². The molecule has 1 heterocycles. The van der Waals surface area contributed by atoms with Gasteiger partial charge in [-0.1, -0.05) is 18.2 Å². The molecule has 5 nitrogen and oxygen atoms in total. The molecule has 0 saturated heterocycles. The summed E-state index contributed by atoms with van der Waals surface area (Å²) >= 11 is 0. The third-order valence-electron chi connectivity index (χ3n) is 4.21. The predicted molar refractivity (Wildman–Crippen MR) is 92.9 cm³/mol. The van der Waals surface area contributed by atoms with Crippen LogP contribution in [-0.2, 0) is 11.2 Å². The highest BCUT2D eigenvalue weighted by molar-refractivity contribution is 6.17. The number of carboxylic acid groups (broad SMARTS) is 1. The molecule has 128 valence electrons. The highest BCUT2D eigenvalue weighted by Crippen LogP contribution is 2.33. The fourth-order valence-corrected chi connectivity index (χ4v) is 2.70. The summed E-state index contributed by atoms with van der Waals surface area (Å²) < 4.78 is 5.82. The van der Waals surface area contributed by atoms with E-state index in [1.807, 2.05) is 0 Å². The van der Waals surface area contributed by atoms with Gasteiger partial charge in [-0.05, 0) is 44.2 Å². The third-order valence-corrected chi connectivity index (χ3v) is 4.21. The van der Waals surface area contributed by atoms with E-state index in [4.69, 9.17) is 4.42 Å². The van der Waals surface area contributed by atoms with Crippen molar-refractivity contribution in [3.8, 4) is 5.75 Å². The van der Waals surface area contributed by atoms with E-state index < -0.39 is 11.4 Å². The summed E-state index contributed by atoms with van der Waals surface area (Å²) in [6.07, 6.45) is 0.0934. The molecule has 0 aliphatic rings. The zero-order chi connectivity index (χ0) is 18.2. The second-order valence-corrected chi connectivity index (χ2v) is 6.64. The van der Waals surface area contributed by atoms with Crippen LogP contribution >= 0.6 is 0 Å². The van der Waals surface area contributed by atoms with Gasteiger partial charge >= 0.3 is 5.97 Å². The molecule has 0 atom stereocenters. The zero-order valence-electron chi connectivity index (χ0n) is 13.9. The third kappa shape index (κ3) is 3.13. The van der Waals surface area contributed by atoms with Gasteiger partial charge in [0, 0.05) is 17.4 Å². The van der Waals surface area contributed by atoms with Gasteiger partial charge in [-0.15, -0.1) is 0 Å². The van der Waals surface area contributed by atoms with E-state index in [0.717, 1.165) is 0 Å². The number of phenolic OH excluding ortho intramolecular Hbond substituents is 1. The first-order valence-electron chi connectivity index (χ1n) is 7.87. The molecular formula is C20H18O5.